The van der Waals surface area contributed by atoms with Gasteiger partial charge in [0.25, 0.3) is 0 Å². The SMILES string of the molecule is CCC(C)(C)C.COc1ccc(-c2nc(C)c3n2CCCN(C)C3)cc1C.NC=O.NC=O. The standard InChI is InChI=1S/C17H23N3O.C6H14.2CH3NO/c1-12-10-14(6-7-16(12)21-4)17-18-13(2)15-11-19(3)8-5-9-20(15)17;1-5-6(2,3)4;2*2-1-3/h6-7,10H,5,8-9,11H2,1-4H3;5H2,1-4H3;2*1H,(H2,2,3). The number of hydrogen-bond acceptors (Lipinski definition) is 5. The third-order valence-electron chi connectivity index (χ3n) is 5.33. The van der Waals surface area contributed by atoms with E-state index in [0.29, 0.717) is 5.41 Å². The van der Waals surface area contributed by atoms with Gasteiger partial charge >= 0.3 is 0 Å². The van der Waals surface area contributed by atoms with Crippen molar-refractivity contribution in [2.24, 2.45) is 16.9 Å². The van der Waals surface area contributed by atoms with Crippen LogP contribution in [-0.4, -0.2) is 48.0 Å². The molecule has 1 aliphatic heterocycles. The molecule has 0 fully saturated rings. The number of nitrogens with two attached hydrogens (primary N) is 2. The first kappa shape index (κ1) is 30.1. The van der Waals surface area contributed by atoms with Crippen molar-refractivity contribution in [3.63, 3.8) is 0 Å². The van der Waals surface area contributed by atoms with Crippen LogP contribution in [-0.2, 0) is 22.7 Å². The van der Waals surface area contributed by atoms with Crippen molar-refractivity contribution in [1.82, 2.24) is 14.5 Å². The van der Waals surface area contributed by atoms with Crippen LogP contribution in [0.5, 0.6) is 5.75 Å². The Morgan fingerprint density at radius 3 is 2.12 bits per heavy atom. The van der Waals surface area contributed by atoms with E-state index in [1.54, 1.807) is 7.11 Å². The van der Waals surface area contributed by atoms with Gasteiger partial charge < -0.3 is 25.7 Å². The Labute approximate surface area is 199 Å². The van der Waals surface area contributed by atoms with Crippen LogP contribution in [0.25, 0.3) is 11.4 Å². The summed E-state index contributed by atoms with van der Waals surface area (Å²) in [6.07, 6.45) is 2.94. The minimum atomic E-state index is 0.250. The number of fused-ring (bicyclic) bond motifs is 1. The highest BCUT2D eigenvalue weighted by atomic mass is 16.5. The zero-order valence-corrected chi connectivity index (χ0v) is 21.6. The number of rotatable bonds is 2. The maximum Gasteiger partial charge on any atom is 0.204 e. The summed E-state index contributed by atoms with van der Waals surface area (Å²) in [5, 5.41) is 0. The molecule has 1 aromatic carbocycles. The number of amides is 2. The normalized spacial score (nSPS) is 12.8. The molecular formula is C25H43N5O3. The van der Waals surface area contributed by atoms with Gasteiger partial charge in [0.15, 0.2) is 0 Å². The molecule has 186 valence electrons. The van der Waals surface area contributed by atoms with Crippen LogP contribution in [0.15, 0.2) is 18.2 Å². The zero-order chi connectivity index (χ0) is 25.6. The number of methoxy groups -OCH3 is 1. The van der Waals surface area contributed by atoms with E-state index >= 15 is 0 Å². The van der Waals surface area contributed by atoms with E-state index in [4.69, 9.17) is 19.3 Å². The Morgan fingerprint density at radius 2 is 1.67 bits per heavy atom. The monoisotopic (exact) mass is 461 g/mol. The lowest BCUT2D eigenvalue weighted by atomic mass is 9.94. The zero-order valence-electron chi connectivity index (χ0n) is 21.6. The summed E-state index contributed by atoms with van der Waals surface area (Å²) in [7, 11) is 3.89. The van der Waals surface area contributed by atoms with Gasteiger partial charge in [0, 0.05) is 18.7 Å². The number of aryl methyl sites for hydroxylation is 2. The minimum Gasteiger partial charge on any atom is -0.496 e. The van der Waals surface area contributed by atoms with Gasteiger partial charge in [0.05, 0.1) is 18.5 Å². The lowest BCUT2D eigenvalue weighted by Gasteiger charge is -2.12. The average Bonchev–Trinajstić information content (AvgIpc) is 2.92. The summed E-state index contributed by atoms with van der Waals surface area (Å²) in [5.41, 5.74) is 13.7. The Bertz CT molecular complexity index is 850. The molecule has 2 heterocycles. The molecule has 8 nitrogen and oxygen atoms in total. The lowest BCUT2D eigenvalue weighted by Crippen LogP contribution is -2.17. The fraction of sp³-hybridized carbons (Fsp3) is 0.560. The fourth-order valence-corrected chi connectivity index (χ4v) is 3.12. The smallest absolute Gasteiger partial charge is 0.204 e. The summed E-state index contributed by atoms with van der Waals surface area (Å²) >= 11 is 0. The van der Waals surface area contributed by atoms with Gasteiger partial charge in [0.2, 0.25) is 12.8 Å². The lowest BCUT2D eigenvalue weighted by molar-refractivity contribution is -0.107. The molecule has 8 heteroatoms. The van der Waals surface area contributed by atoms with Crippen molar-refractivity contribution >= 4 is 12.8 Å². The molecule has 2 aromatic rings. The van der Waals surface area contributed by atoms with Gasteiger partial charge in [-0.15, -0.1) is 0 Å². The highest BCUT2D eigenvalue weighted by molar-refractivity contribution is 5.60. The Morgan fingerprint density at radius 1 is 1.12 bits per heavy atom. The number of ether oxygens (including phenoxy) is 1. The van der Waals surface area contributed by atoms with Gasteiger partial charge in [-0.2, -0.15) is 0 Å². The minimum absolute atomic E-state index is 0.250. The molecule has 0 radical (unpaired) electrons. The van der Waals surface area contributed by atoms with Crippen molar-refractivity contribution in [2.45, 2.75) is 67.5 Å². The largest absolute Gasteiger partial charge is 0.496 e. The molecular weight excluding hydrogens is 418 g/mol. The number of carbonyl (C=O) groups is 2. The number of nitrogens with zero attached hydrogens (tertiary/aromatic N) is 3. The highest BCUT2D eigenvalue weighted by Gasteiger charge is 2.20. The van der Waals surface area contributed by atoms with E-state index < -0.39 is 0 Å². The van der Waals surface area contributed by atoms with E-state index in [0.717, 1.165) is 42.5 Å². The van der Waals surface area contributed by atoms with Crippen LogP contribution in [0.1, 0.15) is 57.5 Å². The van der Waals surface area contributed by atoms with E-state index in [-0.39, 0.29) is 12.8 Å². The molecule has 0 spiro atoms. The van der Waals surface area contributed by atoms with Gasteiger partial charge in [-0.3, -0.25) is 9.59 Å². The van der Waals surface area contributed by atoms with Crippen molar-refractivity contribution in [1.29, 1.82) is 0 Å². The first-order chi connectivity index (χ1) is 15.5. The maximum absolute atomic E-state index is 8.58. The van der Waals surface area contributed by atoms with Crippen LogP contribution < -0.4 is 16.2 Å². The molecule has 0 saturated heterocycles. The molecule has 2 amide bonds. The number of hydrogen-bond donors (Lipinski definition) is 2. The van der Waals surface area contributed by atoms with Crippen LogP contribution >= 0.6 is 0 Å². The Hall–Kier alpha value is -2.87. The molecule has 0 atom stereocenters. The second-order valence-electron chi connectivity index (χ2n) is 9.08. The maximum atomic E-state index is 8.58. The van der Waals surface area contributed by atoms with E-state index in [2.05, 4.69) is 81.7 Å². The van der Waals surface area contributed by atoms with Crippen molar-refractivity contribution in [2.75, 3.05) is 20.7 Å². The second kappa shape index (κ2) is 15.1. The number of primary amides is 2. The van der Waals surface area contributed by atoms with Crippen molar-refractivity contribution in [3.05, 3.63) is 35.2 Å². The summed E-state index contributed by atoms with van der Waals surface area (Å²) in [6.45, 7) is 16.3. The first-order valence-electron chi connectivity index (χ1n) is 11.2. The molecule has 4 N–H and O–H groups in total. The quantitative estimate of drug-likeness (QED) is 0.662. The topological polar surface area (TPSA) is 116 Å². The predicted molar refractivity (Wildman–Crippen MR) is 135 cm³/mol. The van der Waals surface area contributed by atoms with E-state index in [1.165, 1.54) is 24.1 Å². The van der Waals surface area contributed by atoms with Crippen molar-refractivity contribution < 1.29 is 14.3 Å². The molecule has 3 rings (SSSR count). The van der Waals surface area contributed by atoms with E-state index in [1.807, 2.05) is 6.07 Å². The molecule has 0 bridgehead atoms. The summed E-state index contributed by atoms with van der Waals surface area (Å²) in [6, 6.07) is 6.31. The average molecular weight is 462 g/mol. The van der Waals surface area contributed by atoms with Gasteiger partial charge in [-0.25, -0.2) is 4.98 Å². The molecule has 0 unspecified atom stereocenters. The molecule has 33 heavy (non-hydrogen) atoms. The molecule has 1 aliphatic rings. The van der Waals surface area contributed by atoms with Crippen LogP contribution in [0.4, 0.5) is 0 Å². The molecule has 1 aromatic heterocycles. The number of benzene rings is 1. The van der Waals surface area contributed by atoms with Crippen molar-refractivity contribution in [3.8, 4) is 17.1 Å². The Kier molecular flexibility index (Phi) is 13.7. The van der Waals surface area contributed by atoms with Gasteiger partial charge in [0.1, 0.15) is 11.6 Å². The summed E-state index contributed by atoms with van der Waals surface area (Å²) < 4.78 is 7.74. The van der Waals surface area contributed by atoms with Crippen LogP contribution in [0.3, 0.4) is 0 Å². The third-order valence-corrected chi connectivity index (χ3v) is 5.33. The van der Waals surface area contributed by atoms with Gasteiger partial charge in [-0.05, 0) is 63.0 Å². The predicted octanol–water partition coefficient (Wildman–Crippen LogP) is 3.66. The second-order valence-corrected chi connectivity index (χ2v) is 9.08. The number of carbonyl (C=O) groups excluding carboxylic acids is 2. The summed E-state index contributed by atoms with van der Waals surface area (Å²) in [4.78, 5) is 24.4. The Balaban J connectivity index is 0.000000715. The van der Waals surface area contributed by atoms with Crippen LogP contribution in [0.2, 0.25) is 0 Å². The summed E-state index contributed by atoms with van der Waals surface area (Å²) in [5.74, 6) is 2.02. The van der Waals surface area contributed by atoms with E-state index in [9.17, 15) is 0 Å². The van der Waals surface area contributed by atoms with Gasteiger partial charge in [-0.1, -0.05) is 34.1 Å². The third kappa shape index (κ3) is 10.5. The highest BCUT2D eigenvalue weighted by Crippen LogP contribution is 2.29. The molecule has 0 saturated carbocycles. The number of imidazole rings is 1. The molecule has 0 aliphatic carbocycles. The van der Waals surface area contributed by atoms with Crippen LogP contribution in [0, 0.1) is 19.3 Å². The first-order valence-corrected chi connectivity index (χ1v) is 11.2. The fourth-order valence-electron chi connectivity index (χ4n) is 3.12. The number of aromatic nitrogens is 2.